The molecule has 0 radical (unpaired) electrons. The number of furan rings is 1. The molecular weight excluding hydrogens is 322 g/mol. The summed E-state index contributed by atoms with van der Waals surface area (Å²) in [5, 5.41) is 12.8. The van der Waals surface area contributed by atoms with Crippen molar-refractivity contribution < 1.29 is 14.3 Å². The van der Waals surface area contributed by atoms with Gasteiger partial charge in [-0.3, -0.25) is 5.32 Å². The largest absolute Gasteiger partial charge is 0.497 e. The molecule has 0 bridgehead atoms. The summed E-state index contributed by atoms with van der Waals surface area (Å²) in [6, 6.07) is 9.33. The minimum atomic E-state index is -0.228. The Kier molecular flexibility index (Phi) is 5.23. The van der Waals surface area contributed by atoms with Crippen molar-refractivity contribution in [1.29, 1.82) is 0 Å². The fraction of sp³-hybridized carbons (Fsp3) is 0.333. The number of methoxy groups -OCH3 is 1. The summed E-state index contributed by atoms with van der Waals surface area (Å²) in [7, 11) is 1.64. The molecule has 0 amide bonds. The van der Waals surface area contributed by atoms with Gasteiger partial charge in [0.1, 0.15) is 11.5 Å². The summed E-state index contributed by atoms with van der Waals surface area (Å²) >= 11 is 3.54. The van der Waals surface area contributed by atoms with Crippen LogP contribution in [0.15, 0.2) is 45.5 Å². The average Bonchev–Trinajstić information content (AvgIpc) is 2.98. The Bertz CT molecular complexity index is 542. The Labute approximate surface area is 126 Å². The van der Waals surface area contributed by atoms with Gasteiger partial charge in [-0.25, -0.2) is 0 Å². The summed E-state index contributed by atoms with van der Waals surface area (Å²) in [5.41, 5.74) is 1.09. The first-order valence-corrected chi connectivity index (χ1v) is 7.18. The first-order chi connectivity index (χ1) is 9.65. The second-order valence-electron chi connectivity index (χ2n) is 4.53. The molecule has 1 heterocycles. The van der Waals surface area contributed by atoms with Crippen LogP contribution >= 0.6 is 15.9 Å². The average molecular weight is 340 g/mol. The first kappa shape index (κ1) is 15.1. The molecule has 0 saturated carbocycles. The number of aliphatic hydroxyl groups is 1. The van der Waals surface area contributed by atoms with Crippen LogP contribution in [-0.4, -0.2) is 18.8 Å². The second-order valence-corrected chi connectivity index (χ2v) is 5.38. The molecule has 2 N–H and O–H groups in total. The minimum absolute atomic E-state index is 0.0222. The molecule has 4 nitrogen and oxygen atoms in total. The highest BCUT2D eigenvalue weighted by Crippen LogP contribution is 2.29. The van der Waals surface area contributed by atoms with Gasteiger partial charge in [-0.2, -0.15) is 0 Å². The molecule has 2 aromatic rings. The molecule has 1 aromatic heterocycles. The van der Waals surface area contributed by atoms with E-state index < -0.39 is 0 Å². The topological polar surface area (TPSA) is 54.6 Å². The van der Waals surface area contributed by atoms with Crippen LogP contribution in [0.5, 0.6) is 5.75 Å². The number of halogens is 1. The smallest absolute Gasteiger partial charge is 0.123 e. The minimum Gasteiger partial charge on any atom is -0.497 e. The van der Waals surface area contributed by atoms with Crippen LogP contribution in [-0.2, 0) is 0 Å². The van der Waals surface area contributed by atoms with E-state index in [9.17, 15) is 5.11 Å². The number of hydrogen-bond acceptors (Lipinski definition) is 4. The highest BCUT2D eigenvalue weighted by atomic mass is 79.9. The predicted octanol–water partition coefficient (Wildman–Crippen LogP) is 3.43. The van der Waals surface area contributed by atoms with Crippen LogP contribution < -0.4 is 10.1 Å². The molecule has 2 atom stereocenters. The lowest BCUT2D eigenvalue weighted by molar-refractivity contribution is 0.217. The van der Waals surface area contributed by atoms with E-state index in [0.29, 0.717) is 0 Å². The number of benzene rings is 1. The molecule has 108 valence electrons. The van der Waals surface area contributed by atoms with E-state index in [4.69, 9.17) is 9.15 Å². The van der Waals surface area contributed by atoms with Gasteiger partial charge < -0.3 is 14.3 Å². The maximum absolute atomic E-state index is 9.49. The van der Waals surface area contributed by atoms with Gasteiger partial charge in [0.15, 0.2) is 0 Å². The third kappa shape index (κ3) is 3.42. The van der Waals surface area contributed by atoms with Crippen LogP contribution in [0.3, 0.4) is 0 Å². The Morgan fingerprint density at radius 1 is 1.40 bits per heavy atom. The summed E-state index contributed by atoms with van der Waals surface area (Å²) in [4.78, 5) is 0. The molecule has 1 aromatic carbocycles. The number of hydrogen-bond donors (Lipinski definition) is 2. The third-order valence-electron chi connectivity index (χ3n) is 3.19. The molecule has 0 unspecified atom stereocenters. The van der Waals surface area contributed by atoms with Gasteiger partial charge in [0.2, 0.25) is 0 Å². The zero-order chi connectivity index (χ0) is 14.5. The maximum atomic E-state index is 9.49. The van der Waals surface area contributed by atoms with E-state index in [0.717, 1.165) is 21.5 Å². The van der Waals surface area contributed by atoms with Gasteiger partial charge in [0.05, 0.1) is 26.0 Å². The Balaban J connectivity index is 2.13. The second kappa shape index (κ2) is 6.92. The monoisotopic (exact) mass is 339 g/mol. The molecule has 5 heteroatoms. The molecule has 0 aliphatic heterocycles. The lowest BCUT2D eigenvalue weighted by atomic mass is 10.1. The summed E-state index contributed by atoms with van der Waals surface area (Å²) in [5.74, 6) is 1.53. The molecule has 20 heavy (non-hydrogen) atoms. The van der Waals surface area contributed by atoms with Gasteiger partial charge in [0, 0.05) is 10.5 Å². The van der Waals surface area contributed by atoms with E-state index in [1.54, 1.807) is 13.4 Å². The van der Waals surface area contributed by atoms with Crippen LogP contribution in [0.4, 0.5) is 0 Å². The van der Waals surface area contributed by atoms with E-state index in [1.165, 1.54) is 0 Å². The van der Waals surface area contributed by atoms with Crippen molar-refractivity contribution in [3.05, 3.63) is 52.4 Å². The zero-order valence-corrected chi connectivity index (χ0v) is 13.1. The number of ether oxygens (including phenoxy) is 1. The summed E-state index contributed by atoms with van der Waals surface area (Å²) in [6.45, 7) is 2.02. The van der Waals surface area contributed by atoms with Crippen molar-refractivity contribution in [2.45, 2.75) is 19.0 Å². The summed E-state index contributed by atoms with van der Waals surface area (Å²) in [6.07, 6.45) is 1.60. The molecule has 0 aliphatic carbocycles. The van der Waals surface area contributed by atoms with Gasteiger partial charge in [-0.05, 0) is 36.8 Å². The fourth-order valence-corrected chi connectivity index (χ4v) is 2.79. The van der Waals surface area contributed by atoms with E-state index in [2.05, 4.69) is 21.2 Å². The fourth-order valence-electron chi connectivity index (χ4n) is 2.09. The van der Waals surface area contributed by atoms with Crippen molar-refractivity contribution in [3.63, 3.8) is 0 Å². The zero-order valence-electron chi connectivity index (χ0n) is 11.5. The first-order valence-electron chi connectivity index (χ1n) is 6.39. The van der Waals surface area contributed by atoms with Crippen molar-refractivity contribution in [3.8, 4) is 5.75 Å². The van der Waals surface area contributed by atoms with Crippen molar-refractivity contribution >= 4 is 15.9 Å². The number of aliphatic hydroxyl groups excluding tert-OH is 1. The Hall–Kier alpha value is -1.30. The van der Waals surface area contributed by atoms with Gasteiger partial charge in [-0.1, -0.05) is 22.0 Å². The maximum Gasteiger partial charge on any atom is 0.123 e. The normalized spacial score (nSPS) is 14.0. The molecule has 0 aliphatic rings. The summed E-state index contributed by atoms with van der Waals surface area (Å²) < 4.78 is 11.5. The highest BCUT2D eigenvalue weighted by Gasteiger charge is 2.18. The predicted molar refractivity (Wildman–Crippen MR) is 80.8 cm³/mol. The SMILES string of the molecule is COc1ccc([C@H](C)N[C@H](CO)c2ccco2)c(Br)c1. The molecule has 0 fully saturated rings. The number of nitrogens with one attached hydrogen (secondary N) is 1. The van der Waals surface area contributed by atoms with Gasteiger partial charge >= 0.3 is 0 Å². The van der Waals surface area contributed by atoms with Crippen LogP contribution in [0, 0.1) is 0 Å². The van der Waals surface area contributed by atoms with Crippen molar-refractivity contribution in [2.75, 3.05) is 13.7 Å². The lowest BCUT2D eigenvalue weighted by Crippen LogP contribution is -2.27. The molecule has 0 spiro atoms. The van der Waals surface area contributed by atoms with Crippen LogP contribution in [0.1, 0.15) is 30.3 Å². The van der Waals surface area contributed by atoms with Crippen molar-refractivity contribution in [2.24, 2.45) is 0 Å². The van der Waals surface area contributed by atoms with Gasteiger partial charge in [0.25, 0.3) is 0 Å². The van der Waals surface area contributed by atoms with Crippen molar-refractivity contribution in [1.82, 2.24) is 5.32 Å². The molecule has 2 rings (SSSR count). The number of rotatable bonds is 6. The molecule has 0 saturated heterocycles. The van der Waals surface area contributed by atoms with Gasteiger partial charge in [-0.15, -0.1) is 0 Å². The standard InChI is InChI=1S/C15H18BrNO3/c1-10(12-6-5-11(19-2)8-13(12)16)17-14(9-18)15-4-3-7-20-15/h3-8,10,14,17-18H,9H2,1-2H3/t10-,14+/m0/s1. The quantitative estimate of drug-likeness (QED) is 0.846. The van der Waals surface area contributed by atoms with Crippen LogP contribution in [0.25, 0.3) is 0 Å². The lowest BCUT2D eigenvalue weighted by Gasteiger charge is -2.21. The Morgan fingerprint density at radius 2 is 2.20 bits per heavy atom. The highest BCUT2D eigenvalue weighted by molar-refractivity contribution is 9.10. The Morgan fingerprint density at radius 3 is 2.75 bits per heavy atom. The molecular formula is C15H18BrNO3. The third-order valence-corrected chi connectivity index (χ3v) is 3.88. The van der Waals surface area contributed by atoms with E-state index >= 15 is 0 Å². The van der Waals surface area contributed by atoms with E-state index in [-0.39, 0.29) is 18.7 Å². The van der Waals surface area contributed by atoms with Crippen LogP contribution in [0.2, 0.25) is 0 Å². The van der Waals surface area contributed by atoms with E-state index in [1.807, 2.05) is 37.3 Å².